The van der Waals surface area contributed by atoms with Crippen LogP contribution in [0.15, 0.2) is 146 Å². The number of aromatic hydroxyl groups is 1. The first kappa shape index (κ1) is 101. The maximum atomic E-state index is 15.8. The van der Waals surface area contributed by atoms with Gasteiger partial charge in [-0.3, -0.25) is 71.9 Å². The number of nitrogens with two attached hydrogens (primary N) is 1. The zero-order chi connectivity index (χ0) is 93.5. The van der Waals surface area contributed by atoms with E-state index in [1.165, 1.54) is 65.0 Å². The van der Waals surface area contributed by atoms with Gasteiger partial charge in [0.2, 0.25) is 82.7 Å². The van der Waals surface area contributed by atoms with Crippen molar-refractivity contribution in [3.8, 4) is 5.75 Å². The summed E-state index contributed by atoms with van der Waals surface area (Å²) in [6.07, 6.45) is 2.50. The van der Waals surface area contributed by atoms with Gasteiger partial charge in [0.1, 0.15) is 84.3 Å². The number of benzene rings is 5. The van der Waals surface area contributed by atoms with Crippen LogP contribution in [-0.2, 0) is 104 Å². The molecule has 4 heterocycles. The minimum absolute atomic E-state index is 0.0104. The number of likely N-dealkylation sites (N-methyl/N-ethyl adjacent to an activating group) is 4. The van der Waals surface area contributed by atoms with Crippen molar-refractivity contribution in [3.05, 3.63) is 174 Å². The highest BCUT2D eigenvalue weighted by Crippen LogP contribution is 2.28. The standard InChI is InChI=1S/C95H128N16O17S/c1-10-12-37-77-94(127)111-48-27-39-76(111)88(121)100-68(36-24-25-46-96)84(117)106-82(59(5)6)95(128)108(8)78(52-61-30-18-14-19-31-61)90(123)101-69(44-45-81(114)115)92(125)110-47-26-38-75(110)89(122)104-72(54-64-55-98-67-35-23-22-34-66(64)67)87(120)103-71(50-63-40-42-65(112)43-41-63)86(119)102-70(49-58(3)4)85(118)105-74(83(116)97-11-2)56-129-57-80(113)99-73(51-60-28-16-13-17-29-60)91(124)109(9)79(93(126)107(77)7)53-62-32-20-15-21-33-62/h13-23,28-35,40-43,55,58-59,68-79,82,98,112H,10-12,24-27,36-39,44-54,56-57,96H2,1-9H3,(H,97,116)(H,99,113)(H,100,121)(H,101,123)(H,102,119)(H,103,120)(H,104,122)(H,105,118)(H,106,117)(H,114,115)/t68-,69-,70-,71-,72-,73-,74-,75+,76+,77-,78-,79-,82-/m0/s1. The quantitative estimate of drug-likeness (QED) is 0.0351. The second kappa shape index (κ2) is 49.4. The van der Waals surface area contributed by atoms with Crippen LogP contribution in [0.1, 0.15) is 153 Å². The van der Waals surface area contributed by atoms with Gasteiger partial charge in [0.15, 0.2) is 0 Å². The third kappa shape index (κ3) is 28.6. The van der Waals surface area contributed by atoms with E-state index >= 15 is 52.7 Å². The number of carbonyl (C=O) groups excluding carboxylic acids is 14. The number of H-pyrrole nitrogens is 1. The average Bonchev–Trinajstić information content (AvgIpc) is 1.72. The molecule has 3 saturated heterocycles. The molecule has 14 N–H and O–H groups in total. The van der Waals surface area contributed by atoms with Crippen LogP contribution in [0.25, 0.3) is 10.9 Å². The fourth-order valence-corrected chi connectivity index (χ4v) is 17.6. The molecule has 5 aromatic carbocycles. The zero-order valence-electron chi connectivity index (χ0n) is 75.2. The highest BCUT2D eigenvalue weighted by atomic mass is 32.2. The van der Waals surface area contributed by atoms with Crippen LogP contribution >= 0.6 is 11.8 Å². The number of nitrogens with one attached hydrogen (secondary N) is 10. The second-order valence-corrected chi connectivity index (χ2v) is 35.4. The van der Waals surface area contributed by atoms with Gasteiger partial charge in [-0.1, -0.05) is 169 Å². The van der Waals surface area contributed by atoms with Crippen LogP contribution in [0.5, 0.6) is 5.75 Å². The van der Waals surface area contributed by atoms with Gasteiger partial charge in [-0.2, -0.15) is 0 Å². The Morgan fingerprint density at radius 1 is 0.481 bits per heavy atom. The van der Waals surface area contributed by atoms with Gasteiger partial charge in [-0.15, -0.1) is 11.8 Å². The van der Waals surface area contributed by atoms with E-state index in [1.807, 2.05) is 13.0 Å². The normalized spacial score (nSPS) is 24.0. The number of hydrogen-bond acceptors (Lipinski definition) is 18. The van der Waals surface area contributed by atoms with Crippen molar-refractivity contribution < 1.29 is 82.1 Å². The molecule has 6 aromatic rings. The molecule has 14 amide bonds. The molecular weight excluding hydrogens is 1670 g/mol. The van der Waals surface area contributed by atoms with Gasteiger partial charge in [0, 0.05) is 102 Å². The zero-order valence-corrected chi connectivity index (χ0v) is 76.0. The minimum atomic E-state index is -1.65. The molecule has 9 rings (SSSR count). The SMILES string of the molecule is CCCC[C@H]1C(=O)N2CCC[C@@H]2C(=O)N[C@@H](CCCCN)C(=O)N[C@@H](C(C)C)C(=O)N(C)[C@@H](Cc2ccccc2)C(=O)N[C@@H](CCC(=O)O)C(=O)N2CCC[C@@H]2C(=O)N[C@@H](Cc2c[nH]c3ccccc23)C(=O)N[C@@H](Cc2ccc(O)cc2)C(=O)N[C@@H](CC(C)C)C(=O)N[C@H](C(=O)NCC)CSCC(=O)N[C@@H](Cc2ccccc2)C(=O)N(C)[C@@H](Cc2ccccc2)C(=O)N1C. The lowest BCUT2D eigenvalue weighted by molar-refractivity contribution is -0.152. The molecule has 3 aliphatic heterocycles. The molecule has 0 aliphatic carbocycles. The van der Waals surface area contributed by atoms with Crippen LogP contribution in [0, 0.1) is 11.8 Å². The number of para-hydroxylation sites is 1. The number of carboxylic acid groups (broad SMARTS) is 1. The number of nitrogens with zero attached hydrogens (tertiary/aromatic N) is 5. The highest BCUT2D eigenvalue weighted by molar-refractivity contribution is 8.00. The molecule has 3 aliphatic rings. The van der Waals surface area contributed by atoms with Gasteiger partial charge >= 0.3 is 5.97 Å². The summed E-state index contributed by atoms with van der Waals surface area (Å²) in [5.74, 6) is -13.6. The van der Waals surface area contributed by atoms with Crippen molar-refractivity contribution >= 4 is 111 Å². The number of fused-ring (bicyclic) bond motifs is 3. The number of thioether (sulfide) groups is 1. The fourth-order valence-electron chi connectivity index (χ4n) is 16.7. The Morgan fingerprint density at radius 3 is 1.57 bits per heavy atom. The first-order valence-corrected chi connectivity index (χ1v) is 46.0. The number of carboxylic acids is 1. The fraction of sp³-hybridized carbons (Fsp3) is 0.505. The van der Waals surface area contributed by atoms with E-state index in [0.29, 0.717) is 70.8 Å². The Morgan fingerprint density at radius 2 is 0.984 bits per heavy atom. The number of unbranched alkanes of at least 4 members (excludes halogenated alkanes) is 2. The molecule has 696 valence electrons. The average molecular weight is 1800 g/mol. The van der Waals surface area contributed by atoms with Crippen LogP contribution in [-0.4, -0.2) is 266 Å². The third-order valence-electron chi connectivity index (χ3n) is 23.9. The van der Waals surface area contributed by atoms with Crippen molar-refractivity contribution in [3.63, 3.8) is 0 Å². The van der Waals surface area contributed by atoms with Gasteiger partial charge < -0.3 is 93.3 Å². The molecule has 3 fully saturated rings. The van der Waals surface area contributed by atoms with E-state index in [4.69, 9.17) is 5.73 Å². The van der Waals surface area contributed by atoms with Crippen molar-refractivity contribution in [2.75, 3.05) is 58.8 Å². The van der Waals surface area contributed by atoms with Crippen molar-refractivity contribution in [2.45, 2.75) is 236 Å². The highest BCUT2D eigenvalue weighted by Gasteiger charge is 2.46. The largest absolute Gasteiger partial charge is 0.508 e. The summed E-state index contributed by atoms with van der Waals surface area (Å²) in [6.45, 7) is 10.9. The molecule has 33 nitrogen and oxygen atoms in total. The molecule has 13 atom stereocenters. The molecular formula is C95H128N16O17S. The smallest absolute Gasteiger partial charge is 0.303 e. The van der Waals surface area contributed by atoms with Gasteiger partial charge in [-0.05, 0) is 136 Å². The molecule has 0 bridgehead atoms. The second-order valence-electron chi connectivity index (χ2n) is 34.4. The summed E-state index contributed by atoms with van der Waals surface area (Å²) in [4.78, 5) is 235. The molecule has 34 heteroatoms. The number of rotatable bonds is 25. The lowest BCUT2D eigenvalue weighted by Crippen LogP contribution is -2.62. The monoisotopic (exact) mass is 1800 g/mol. The first-order chi connectivity index (χ1) is 61.8. The van der Waals surface area contributed by atoms with Crippen molar-refractivity contribution in [1.82, 2.24) is 77.3 Å². The Balaban J connectivity index is 1.11. The van der Waals surface area contributed by atoms with E-state index in [9.17, 15) is 29.4 Å². The molecule has 0 radical (unpaired) electrons. The number of aliphatic carboxylic acids is 1. The van der Waals surface area contributed by atoms with Crippen LogP contribution in [0.4, 0.5) is 0 Å². The number of hydrogen-bond donors (Lipinski definition) is 13. The number of aromatic nitrogens is 1. The number of aromatic amines is 1. The maximum Gasteiger partial charge on any atom is 0.303 e. The van der Waals surface area contributed by atoms with Gasteiger partial charge in [0.05, 0.1) is 5.75 Å². The predicted octanol–water partition coefficient (Wildman–Crippen LogP) is 4.50. The Kier molecular flexibility index (Phi) is 38.5. The maximum absolute atomic E-state index is 15.8. The number of phenolic OH excluding ortho intramolecular Hbond substituents is 1. The minimum Gasteiger partial charge on any atom is -0.508 e. The lowest BCUT2D eigenvalue weighted by atomic mass is 9.98. The van der Waals surface area contributed by atoms with E-state index in [-0.39, 0.29) is 120 Å². The predicted molar refractivity (Wildman–Crippen MR) is 488 cm³/mol. The molecule has 129 heavy (non-hydrogen) atoms. The molecule has 0 spiro atoms. The summed E-state index contributed by atoms with van der Waals surface area (Å²) >= 11 is 0.959. The van der Waals surface area contributed by atoms with E-state index in [2.05, 4.69) is 52.8 Å². The Hall–Kier alpha value is -12.2. The van der Waals surface area contributed by atoms with Gasteiger partial charge in [-0.25, -0.2) is 0 Å². The number of carbonyl (C=O) groups is 15. The van der Waals surface area contributed by atoms with E-state index < -0.39 is 186 Å². The van der Waals surface area contributed by atoms with Crippen molar-refractivity contribution in [2.24, 2.45) is 17.6 Å². The third-order valence-corrected chi connectivity index (χ3v) is 25.0. The summed E-state index contributed by atoms with van der Waals surface area (Å²) < 4.78 is 0. The summed E-state index contributed by atoms with van der Waals surface area (Å²) in [5, 5.41) is 46.8. The number of phenols is 1. The van der Waals surface area contributed by atoms with Crippen LogP contribution in [0.2, 0.25) is 0 Å². The van der Waals surface area contributed by atoms with E-state index in [1.54, 1.807) is 150 Å². The lowest BCUT2D eigenvalue weighted by Gasteiger charge is -2.38. The number of amides is 14. The Bertz CT molecular complexity index is 4830. The topological polar surface area (TPSA) is 463 Å². The van der Waals surface area contributed by atoms with E-state index in [0.717, 1.165) is 16.7 Å². The summed E-state index contributed by atoms with van der Waals surface area (Å²) in [7, 11) is 4.28. The summed E-state index contributed by atoms with van der Waals surface area (Å²) in [6, 6.07) is 21.5. The Labute approximate surface area is 758 Å². The molecule has 0 unspecified atom stereocenters. The molecule has 0 saturated carbocycles. The van der Waals surface area contributed by atoms with Crippen LogP contribution < -0.4 is 53.6 Å². The van der Waals surface area contributed by atoms with Gasteiger partial charge in [0.25, 0.3) is 0 Å². The van der Waals surface area contributed by atoms with Crippen molar-refractivity contribution in [1.29, 1.82) is 0 Å². The molecule has 1 aromatic heterocycles. The van der Waals surface area contributed by atoms with Crippen LogP contribution in [0.3, 0.4) is 0 Å². The summed E-state index contributed by atoms with van der Waals surface area (Å²) in [5.41, 5.74) is 9.52. The first-order valence-electron chi connectivity index (χ1n) is 44.8.